The summed E-state index contributed by atoms with van der Waals surface area (Å²) >= 11 is 6.66. The van der Waals surface area contributed by atoms with Crippen LogP contribution in [0.25, 0.3) is 0 Å². The SMILES string of the molecule is COCCN(C)CCNCc1cc(Br)c(O)c(Br)c1. The molecule has 0 amide bonds. The quantitative estimate of drug-likeness (QED) is 0.664. The number of aromatic hydroxyl groups is 1. The molecule has 0 bridgehead atoms. The first kappa shape index (κ1) is 16.9. The minimum Gasteiger partial charge on any atom is -0.506 e. The highest BCUT2D eigenvalue weighted by Gasteiger charge is 2.05. The second-order valence-corrected chi connectivity index (χ2v) is 6.09. The second-order valence-electron chi connectivity index (χ2n) is 4.38. The van der Waals surface area contributed by atoms with Gasteiger partial charge in [-0.25, -0.2) is 0 Å². The molecule has 0 atom stereocenters. The number of phenolic OH excluding ortho intramolecular Hbond substituents is 1. The number of rotatable bonds is 8. The maximum atomic E-state index is 9.62. The Bertz CT molecular complexity index is 379. The first-order chi connectivity index (χ1) is 9.04. The highest BCUT2D eigenvalue weighted by atomic mass is 79.9. The minimum atomic E-state index is 0.239. The van der Waals surface area contributed by atoms with E-state index < -0.39 is 0 Å². The third-order valence-corrected chi connectivity index (χ3v) is 3.96. The number of hydrogen-bond acceptors (Lipinski definition) is 4. The molecular weight excluding hydrogens is 376 g/mol. The van der Waals surface area contributed by atoms with E-state index in [1.807, 2.05) is 12.1 Å². The molecule has 1 aromatic rings. The molecule has 6 heteroatoms. The van der Waals surface area contributed by atoms with Crippen LogP contribution >= 0.6 is 31.9 Å². The van der Waals surface area contributed by atoms with E-state index in [4.69, 9.17) is 4.74 Å². The van der Waals surface area contributed by atoms with Gasteiger partial charge in [0.2, 0.25) is 0 Å². The van der Waals surface area contributed by atoms with E-state index in [1.165, 1.54) is 0 Å². The maximum Gasteiger partial charge on any atom is 0.143 e. The summed E-state index contributed by atoms with van der Waals surface area (Å²) in [7, 11) is 3.79. The van der Waals surface area contributed by atoms with Crippen molar-refractivity contribution in [1.29, 1.82) is 0 Å². The molecule has 0 heterocycles. The topological polar surface area (TPSA) is 44.7 Å². The van der Waals surface area contributed by atoms with Crippen LogP contribution in [0.2, 0.25) is 0 Å². The van der Waals surface area contributed by atoms with Gasteiger partial charge in [-0.2, -0.15) is 0 Å². The number of nitrogens with zero attached hydrogens (tertiary/aromatic N) is 1. The zero-order valence-corrected chi connectivity index (χ0v) is 14.4. The van der Waals surface area contributed by atoms with Crippen molar-refractivity contribution in [3.05, 3.63) is 26.6 Å². The molecule has 19 heavy (non-hydrogen) atoms. The Morgan fingerprint density at radius 2 is 1.89 bits per heavy atom. The highest BCUT2D eigenvalue weighted by Crippen LogP contribution is 2.33. The number of phenols is 1. The predicted octanol–water partition coefficient (Wildman–Crippen LogP) is 2.59. The lowest BCUT2D eigenvalue weighted by molar-refractivity contribution is 0.161. The van der Waals surface area contributed by atoms with Gasteiger partial charge in [-0.15, -0.1) is 0 Å². The molecule has 0 spiro atoms. The molecule has 108 valence electrons. The number of methoxy groups -OCH3 is 1. The van der Waals surface area contributed by atoms with Crippen LogP contribution in [-0.2, 0) is 11.3 Å². The van der Waals surface area contributed by atoms with Crippen LogP contribution in [0.15, 0.2) is 21.1 Å². The number of nitrogens with one attached hydrogen (secondary N) is 1. The molecule has 2 N–H and O–H groups in total. The van der Waals surface area contributed by atoms with Gasteiger partial charge in [0, 0.05) is 33.3 Å². The first-order valence-electron chi connectivity index (χ1n) is 6.09. The smallest absolute Gasteiger partial charge is 0.143 e. The molecule has 0 radical (unpaired) electrons. The van der Waals surface area contributed by atoms with Gasteiger partial charge in [-0.3, -0.25) is 0 Å². The average Bonchev–Trinajstić information content (AvgIpc) is 2.38. The largest absolute Gasteiger partial charge is 0.506 e. The molecule has 0 aliphatic heterocycles. The van der Waals surface area contributed by atoms with Gasteiger partial charge in [-0.05, 0) is 56.6 Å². The molecule has 0 fully saturated rings. The van der Waals surface area contributed by atoms with Crippen molar-refractivity contribution in [2.75, 3.05) is 40.4 Å². The Balaban J connectivity index is 2.30. The van der Waals surface area contributed by atoms with Crippen molar-refractivity contribution in [2.45, 2.75) is 6.54 Å². The number of hydrogen-bond donors (Lipinski definition) is 2. The summed E-state index contributed by atoms with van der Waals surface area (Å²) in [5.74, 6) is 0.239. The lowest BCUT2D eigenvalue weighted by Crippen LogP contribution is -2.31. The predicted molar refractivity (Wildman–Crippen MR) is 84.6 cm³/mol. The van der Waals surface area contributed by atoms with Crippen molar-refractivity contribution in [3.8, 4) is 5.75 Å². The number of likely N-dealkylation sites (N-methyl/N-ethyl adjacent to an activating group) is 1. The minimum absolute atomic E-state index is 0.239. The molecule has 0 saturated carbocycles. The summed E-state index contributed by atoms with van der Waals surface area (Å²) in [5, 5.41) is 13.0. The maximum absolute atomic E-state index is 9.62. The fourth-order valence-electron chi connectivity index (χ4n) is 1.58. The normalized spacial score (nSPS) is 11.2. The Kier molecular flexibility index (Phi) is 7.94. The molecule has 4 nitrogen and oxygen atoms in total. The number of halogens is 2. The van der Waals surface area contributed by atoms with Gasteiger partial charge in [0.1, 0.15) is 5.75 Å². The van der Waals surface area contributed by atoms with Gasteiger partial charge in [0.25, 0.3) is 0 Å². The highest BCUT2D eigenvalue weighted by molar-refractivity contribution is 9.11. The van der Waals surface area contributed by atoms with Crippen LogP contribution < -0.4 is 5.32 Å². The Morgan fingerprint density at radius 3 is 2.47 bits per heavy atom. The molecule has 0 aliphatic rings. The van der Waals surface area contributed by atoms with E-state index in [0.29, 0.717) is 8.95 Å². The monoisotopic (exact) mass is 394 g/mol. The van der Waals surface area contributed by atoms with Crippen LogP contribution in [0.1, 0.15) is 5.56 Å². The summed E-state index contributed by atoms with van der Waals surface area (Å²) in [6.45, 7) is 4.36. The summed E-state index contributed by atoms with van der Waals surface area (Å²) in [4.78, 5) is 2.22. The molecule has 0 unspecified atom stereocenters. The van der Waals surface area contributed by atoms with Crippen molar-refractivity contribution >= 4 is 31.9 Å². The Hall–Kier alpha value is -0.140. The van der Waals surface area contributed by atoms with Crippen molar-refractivity contribution in [3.63, 3.8) is 0 Å². The molecule has 0 aliphatic carbocycles. The molecular formula is C13H20Br2N2O2. The number of ether oxygens (including phenoxy) is 1. The Morgan fingerprint density at radius 1 is 1.26 bits per heavy atom. The average molecular weight is 396 g/mol. The van der Waals surface area contributed by atoms with Gasteiger partial charge < -0.3 is 20.1 Å². The van der Waals surface area contributed by atoms with Crippen LogP contribution in [0, 0.1) is 0 Å². The Labute approximate surface area is 131 Å². The van der Waals surface area contributed by atoms with E-state index in [9.17, 15) is 5.11 Å². The molecule has 1 rings (SSSR count). The second kappa shape index (κ2) is 8.92. The fraction of sp³-hybridized carbons (Fsp3) is 0.538. The molecule has 1 aromatic carbocycles. The lowest BCUT2D eigenvalue weighted by Gasteiger charge is -2.16. The third kappa shape index (κ3) is 6.23. The standard InChI is InChI=1S/C13H20Br2N2O2/c1-17(5-6-19-2)4-3-16-9-10-7-11(14)13(18)12(15)8-10/h7-8,16,18H,3-6,9H2,1-2H3. The summed E-state index contributed by atoms with van der Waals surface area (Å²) < 4.78 is 6.44. The van der Waals surface area contributed by atoms with Crippen molar-refractivity contribution < 1.29 is 9.84 Å². The van der Waals surface area contributed by atoms with E-state index in [-0.39, 0.29) is 5.75 Å². The van der Waals surface area contributed by atoms with Crippen LogP contribution in [0.4, 0.5) is 0 Å². The van der Waals surface area contributed by atoms with Gasteiger partial charge in [-0.1, -0.05) is 0 Å². The van der Waals surface area contributed by atoms with E-state index in [1.54, 1.807) is 7.11 Å². The summed E-state index contributed by atoms with van der Waals surface area (Å²) in [5.41, 5.74) is 1.12. The fourth-order valence-corrected chi connectivity index (χ4v) is 2.86. The molecule has 0 aromatic heterocycles. The zero-order chi connectivity index (χ0) is 14.3. The van der Waals surface area contributed by atoms with Crippen LogP contribution in [0.3, 0.4) is 0 Å². The summed E-state index contributed by atoms with van der Waals surface area (Å²) in [6, 6.07) is 3.84. The van der Waals surface area contributed by atoms with E-state index in [0.717, 1.165) is 38.3 Å². The molecule has 0 saturated heterocycles. The lowest BCUT2D eigenvalue weighted by atomic mass is 10.2. The van der Waals surface area contributed by atoms with Crippen molar-refractivity contribution in [1.82, 2.24) is 10.2 Å². The van der Waals surface area contributed by atoms with E-state index >= 15 is 0 Å². The summed E-state index contributed by atoms with van der Waals surface area (Å²) in [6.07, 6.45) is 0. The van der Waals surface area contributed by atoms with Crippen molar-refractivity contribution in [2.24, 2.45) is 0 Å². The van der Waals surface area contributed by atoms with Gasteiger partial charge in [0.15, 0.2) is 0 Å². The van der Waals surface area contributed by atoms with Gasteiger partial charge >= 0.3 is 0 Å². The van der Waals surface area contributed by atoms with E-state index in [2.05, 4.69) is 49.1 Å². The number of benzene rings is 1. The zero-order valence-electron chi connectivity index (χ0n) is 11.2. The third-order valence-electron chi connectivity index (χ3n) is 2.75. The van der Waals surface area contributed by atoms with Crippen LogP contribution in [0.5, 0.6) is 5.75 Å². The van der Waals surface area contributed by atoms with Crippen LogP contribution in [-0.4, -0.2) is 50.4 Å². The van der Waals surface area contributed by atoms with Gasteiger partial charge in [0.05, 0.1) is 15.6 Å². The first-order valence-corrected chi connectivity index (χ1v) is 7.68.